The SMILES string of the molecule is CC(C)(C)C(=O)N1CSCC1C(=O)N1CC[C@@H](N)C1. The molecule has 5 nitrogen and oxygen atoms in total. The van der Waals surface area contributed by atoms with Crippen LogP contribution >= 0.6 is 11.8 Å². The van der Waals surface area contributed by atoms with E-state index in [4.69, 9.17) is 5.73 Å². The predicted octanol–water partition coefficient (Wildman–Crippen LogP) is 0.494. The summed E-state index contributed by atoms with van der Waals surface area (Å²) in [4.78, 5) is 28.4. The van der Waals surface area contributed by atoms with Crippen molar-refractivity contribution in [3.8, 4) is 0 Å². The molecule has 0 radical (unpaired) electrons. The number of nitrogens with two attached hydrogens (primary N) is 1. The Morgan fingerprint density at radius 2 is 2.00 bits per heavy atom. The van der Waals surface area contributed by atoms with Gasteiger partial charge in [0.05, 0.1) is 5.88 Å². The average Bonchev–Trinajstić information content (AvgIpc) is 2.94. The molecule has 0 aromatic carbocycles. The molecule has 2 aliphatic rings. The summed E-state index contributed by atoms with van der Waals surface area (Å²) in [5, 5.41) is 0. The summed E-state index contributed by atoms with van der Waals surface area (Å²) in [6.07, 6.45) is 0.860. The van der Waals surface area contributed by atoms with Gasteiger partial charge in [0.1, 0.15) is 6.04 Å². The maximum atomic E-state index is 12.5. The molecular weight excluding hydrogens is 262 g/mol. The Hall–Kier alpha value is -0.750. The van der Waals surface area contributed by atoms with Crippen LogP contribution in [0.25, 0.3) is 0 Å². The Balaban J connectivity index is 2.06. The van der Waals surface area contributed by atoms with E-state index in [1.165, 1.54) is 0 Å². The minimum absolute atomic E-state index is 0.0549. The molecule has 2 aliphatic heterocycles. The van der Waals surface area contributed by atoms with Crippen LogP contribution in [0.2, 0.25) is 0 Å². The van der Waals surface area contributed by atoms with Gasteiger partial charge < -0.3 is 15.5 Å². The maximum absolute atomic E-state index is 12.5. The molecule has 0 aromatic rings. The third-order valence-electron chi connectivity index (χ3n) is 3.61. The first-order valence-electron chi connectivity index (χ1n) is 6.74. The highest BCUT2D eigenvalue weighted by Gasteiger charge is 2.41. The van der Waals surface area contributed by atoms with Crippen LogP contribution < -0.4 is 5.73 Å². The van der Waals surface area contributed by atoms with E-state index in [0.29, 0.717) is 18.2 Å². The summed E-state index contributed by atoms with van der Waals surface area (Å²) >= 11 is 1.65. The van der Waals surface area contributed by atoms with Gasteiger partial charge in [0.15, 0.2) is 0 Å². The van der Waals surface area contributed by atoms with Gasteiger partial charge in [-0.05, 0) is 6.42 Å². The molecule has 2 atom stereocenters. The van der Waals surface area contributed by atoms with Gasteiger partial charge in [-0.1, -0.05) is 20.8 Å². The zero-order valence-electron chi connectivity index (χ0n) is 11.9. The number of rotatable bonds is 1. The van der Waals surface area contributed by atoms with Gasteiger partial charge in [0.2, 0.25) is 11.8 Å². The highest BCUT2D eigenvalue weighted by Crippen LogP contribution is 2.28. The van der Waals surface area contributed by atoms with Crippen LogP contribution in [0.15, 0.2) is 0 Å². The molecule has 19 heavy (non-hydrogen) atoms. The second-order valence-corrected chi connectivity index (χ2v) is 7.37. The van der Waals surface area contributed by atoms with E-state index in [1.807, 2.05) is 25.7 Å². The van der Waals surface area contributed by atoms with Crippen LogP contribution in [0.1, 0.15) is 27.2 Å². The van der Waals surface area contributed by atoms with Gasteiger partial charge in [0, 0.05) is 30.3 Å². The number of carbonyl (C=O) groups is 2. The molecular formula is C13H23N3O2S. The fourth-order valence-corrected chi connectivity index (χ4v) is 3.62. The van der Waals surface area contributed by atoms with Crippen molar-refractivity contribution < 1.29 is 9.59 Å². The monoisotopic (exact) mass is 285 g/mol. The molecule has 2 saturated heterocycles. The van der Waals surface area contributed by atoms with Crippen molar-refractivity contribution >= 4 is 23.6 Å². The van der Waals surface area contributed by atoms with Crippen LogP contribution in [0, 0.1) is 5.41 Å². The van der Waals surface area contributed by atoms with Crippen LogP contribution in [-0.2, 0) is 9.59 Å². The van der Waals surface area contributed by atoms with Gasteiger partial charge in [-0.25, -0.2) is 0 Å². The molecule has 2 fully saturated rings. The summed E-state index contributed by atoms with van der Waals surface area (Å²) in [6, 6.07) is -0.216. The molecule has 0 aromatic heterocycles. The average molecular weight is 285 g/mol. The summed E-state index contributed by atoms with van der Waals surface area (Å²) in [6.45, 7) is 7.03. The van der Waals surface area contributed by atoms with Crippen LogP contribution in [0.4, 0.5) is 0 Å². The summed E-state index contributed by atoms with van der Waals surface area (Å²) in [5.41, 5.74) is 5.41. The van der Waals surface area contributed by atoms with Gasteiger partial charge >= 0.3 is 0 Å². The number of likely N-dealkylation sites (tertiary alicyclic amines) is 1. The second-order valence-electron chi connectivity index (χ2n) is 6.37. The largest absolute Gasteiger partial charge is 0.339 e. The number of carbonyl (C=O) groups excluding carboxylic acids is 2. The number of nitrogens with zero attached hydrogens (tertiary/aromatic N) is 2. The molecule has 0 spiro atoms. The third kappa shape index (κ3) is 3.05. The van der Waals surface area contributed by atoms with Gasteiger partial charge in [-0.2, -0.15) is 0 Å². The first-order chi connectivity index (χ1) is 8.80. The van der Waals surface area contributed by atoms with Crippen molar-refractivity contribution in [3.05, 3.63) is 0 Å². The lowest BCUT2D eigenvalue weighted by Gasteiger charge is -2.31. The molecule has 1 unspecified atom stereocenters. The second kappa shape index (κ2) is 5.32. The topological polar surface area (TPSA) is 66.6 Å². The lowest BCUT2D eigenvalue weighted by Crippen LogP contribution is -2.51. The van der Waals surface area contributed by atoms with E-state index in [-0.39, 0.29) is 23.9 Å². The van der Waals surface area contributed by atoms with Gasteiger partial charge in [-0.3, -0.25) is 9.59 Å². The van der Waals surface area contributed by atoms with Gasteiger partial charge in [-0.15, -0.1) is 11.8 Å². The van der Waals surface area contributed by atoms with E-state index in [1.54, 1.807) is 16.7 Å². The highest BCUT2D eigenvalue weighted by atomic mass is 32.2. The Morgan fingerprint density at radius 1 is 1.32 bits per heavy atom. The Labute approximate surface area is 118 Å². The predicted molar refractivity (Wildman–Crippen MR) is 76.6 cm³/mol. The van der Waals surface area contributed by atoms with E-state index in [2.05, 4.69) is 0 Å². The van der Waals surface area contributed by atoms with E-state index in [9.17, 15) is 9.59 Å². The first-order valence-corrected chi connectivity index (χ1v) is 7.89. The highest BCUT2D eigenvalue weighted by molar-refractivity contribution is 7.99. The molecule has 108 valence electrons. The lowest BCUT2D eigenvalue weighted by molar-refractivity contribution is -0.147. The molecule has 0 aliphatic carbocycles. The Kier molecular flexibility index (Phi) is 4.11. The minimum atomic E-state index is -0.440. The third-order valence-corrected chi connectivity index (χ3v) is 4.62. The van der Waals surface area contributed by atoms with Crippen LogP contribution in [-0.4, -0.2) is 58.4 Å². The lowest BCUT2D eigenvalue weighted by atomic mass is 9.94. The minimum Gasteiger partial charge on any atom is -0.339 e. The number of amides is 2. The Morgan fingerprint density at radius 3 is 2.53 bits per heavy atom. The smallest absolute Gasteiger partial charge is 0.246 e. The van der Waals surface area contributed by atoms with Crippen LogP contribution in [0.5, 0.6) is 0 Å². The van der Waals surface area contributed by atoms with Crippen molar-refractivity contribution in [2.75, 3.05) is 24.7 Å². The molecule has 6 heteroatoms. The van der Waals surface area contributed by atoms with Crippen molar-refractivity contribution in [2.24, 2.45) is 11.1 Å². The molecule has 2 N–H and O–H groups in total. The molecule has 2 heterocycles. The van der Waals surface area contributed by atoms with Crippen molar-refractivity contribution in [1.29, 1.82) is 0 Å². The summed E-state index contributed by atoms with van der Waals surface area (Å²) in [5.74, 6) is 1.44. The Bertz CT molecular complexity index is 381. The fourth-order valence-electron chi connectivity index (χ4n) is 2.48. The van der Waals surface area contributed by atoms with E-state index >= 15 is 0 Å². The number of hydrogen-bond acceptors (Lipinski definition) is 4. The van der Waals surface area contributed by atoms with Crippen molar-refractivity contribution in [1.82, 2.24) is 9.80 Å². The van der Waals surface area contributed by atoms with Gasteiger partial charge in [0.25, 0.3) is 0 Å². The standard InChI is InChI=1S/C13H23N3O2S/c1-13(2,3)12(18)16-8-19-7-10(16)11(17)15-5-4-9(14)6-15/h9-10H,4-8,14H2,1-3H3/t9-,10?/m1/s1. The number of thioether (sulfide) groups is 1. The maximum Gasteiger partial charge on any atom is 0.246 e. The molecule has 0 saturated carbocycles. The molecule has 0 bridgehead atoms. The molecule has 2 amide bonds. The molecule has 2 rings (SSSR count). The number of hydrogen-bond donors (Lipinski definition) is 1. The normalized spacial score (nSPS) is 28.0. The summed E-state index contributed by atoms with van der Waals surface area (Å²) in [7, 11) is 0. The zero-order valence-corrected chi connectivity index (χ0v) is 12.7. The quantitative estimate of drug-likeness (QED) is 0.761. The zero-order chi connectivity index (χ0) is 14.2. The fraction of sp³-hybridized carbons (Fsp3) is 0.846. The van der Waals surface area contributed by atoms with Crippen LogP contribution in [0.3, 0.4) is 0 Å². The first kappa shape index (κ1) is 14.7. The van der Waals surface area contributed by atoms with E-state index < -0.39 is 5.41 Å². The van der Waals surface area contributed by atoms with E-state index in [0.717, 1.165) is 13.0 Å². The van der Waals surface area contributed by atoms with Crippen molar-refractivity contribution in [3.63, 3.8) is 0 Å². The van der Waals surface area contributed by atoms with Crippen molar-refractivity contribution in [2.45, 2.75) is 39.3 Å². The summed E-state index contributed by atoms with van der Waals surface area (Å²) < 4.78 is 0.